The van der Waals surface area contributed by atoms with Gasteiger partial charge in [0.2, 0.25) is 5.91 Å². The first-order chi connectivity index (χ1) is 11.6. The standard InChI is InChI=1S/C17H18N2O4S/c1-22-11-5-6-12(13(10-11)23-2)18-16(21)17(7-8-17)19-15(20)14-4-3-9-24-14/h3-6,9-10H,7-8H2,1-2H3,(H,18,21)(H,19,20). The number of carbonyl (C=O) groups excluding carboxylic acids is 2. The van der Waals surface area contributed by atoms with Crippen LogP contribution in [0.1, 0.15) is 22.5 Å². The third-order valence-corrected chi connectivity index (χ3v) is 4.81. The van der Waals surface area contributed by atoms with Crippen LogP contribution in [0.2, 0.25) is 0 Å². The van der Waals surface area contributed by atoms with Crippen molar-refractivity contribution >= 4 is 28.8 Å². The molecule has 7 heteroatoms. The van der Waals surface area contributed by atoms with E-state index in [1.54, 1.807) is 37.4 Å². The summed E-state index contributed by atoms with van der Waals surface area (Å²) in [6, 6.07) is 8.69. The number of methoxy groups -OCH3 is 2. The van der Waals surface area contributed by atoms with Crippen LogP contribution in [0.25, 0.3) is 0 Å². The lowest BCUT2D eigenvalue weighted by Gasteiger charge is -2.18. The molecule has 1 aromatic heterocycles. The van der Waals surface area contributed by atoms with Gasteiger partial charge in [0.25, 0.3) is 5.91 Å². The van der Waals surface area contributed by atoms with Gasteiger partial charge in [-0.15, -0.1) is 11.3 Å². The maximum atomic E-state index is 12.6. The molecule has 0 spiro atoms. The number of carbonyl (C=O) groups is 2. The molecule has 3 rings (SSSR count). The number of anilines is 1. The Labute approximate surface area is 143 Å². The number of rotatable bonds is 6. The predicted molar refractivity (Wildman–Crippen MR) is 91.9 cm³/mol. The Morgan fingerprint density at radius 1 is 1.17 bits per heavy atom. The molecule has 24 heavy (non-hydrogen) atoms. The summed E-state index contributed by atoms with van der Waals surface area (Å²) < 4.78 is 10.4. The Bertz CT molecular complexity index is 754. The molecule has 0 unspecified atom stereocenters. The van der Waals surface area contributed by atoms with Crippen molar-refractivity contribution in [1.82, 2.24) is 5.32 Å². The van der Waals surface area contributed by atoms with Gasteiger partial charge >= 0.3 is 0 Å². The van der Waals surface area contributed by atoms with E-state index in [1.807, 2.05) is 5.38 Å². The van der Waals surface area contributed by atoms with Crippen LogP contribution in [-0.4, -0.2) is 31.6 Å². The van der Waals surface area contributed by atoms with Gasteiger partial charge in [-0.05, 0) is 36.4 Å². The molecule has 0 saturated heterocycles. The number of thiophene rings is 1. The van der Waals surface area contributed by atoms with Crippen LogP contribution >= 0.6 is 11.3 Å². The molecular weight excluding hydrogens is 328 g/mol. The van der Waals surface area contributed by atoms with Crippen molar-refractivity contribution in [2.75, 3.05) is 19.5 Å². The largest absolute Gasteiger partial charge is 0.497 e. The first kappa shape index (κ1) is 16.3. The topological polar surface area (TPSA) is 76.7 Å². The number of hydrogen-bond acceptors (Lipinski definition) is 5. The van der Waals surface area contributed by atoms with Gasteiger partial charge in [-0.1, -0.05) is 6.07 Å². The Kier molecular flexibility index (Phi) is 4.44. The van der Waals surface area contributed by atoms with Crippen molar-refractivity contribution in [3.63, 3.8) is 0 Å². The maximum absolute atomic E-state index is 12.6. The Morgan fingerprint density at radius 2 is 1.96 bits per heavy atom. The molecule has 1 aliphatic carbocycles. The van der Waals surface area contributed by atoms with Gasteiger partial charge in [-0.25, -0.2) is 0 Å². The van der Waals surface area contributed by atoms with Gasteiger partial charge in [-0.3, -0.25) is 9.59 Å². The van der Waals surface area contributed by atoms with Gasteiger partial charge in [-0.2, -0.15) is 0 Å². The lowest BCUT2D eigenvalue weighted by atomic mass is 10.2. The van der Waals surface area contributed by atoms with E-state index < -0.39 is 5.54 Å². The van der Waals surface area contributed by atoms with Crippen LogP contribution in [0.15, 0.2) is 35.7 Å². The van der Waals surface area contributed by atoms with Crippen LogP contribution in [0.4, 0.5) is 5.69 Å². The average molecular weight is 346 g/mol. The normalized spacial score (nSPS) is 14.6. The lowest BCUT2D eigenvalue weighted by Crippen LogP contribution is -2.46. The van der Waals surface area contributed by atoms with E-state index in [9.17, 15) is 9.59 Å². The molecule has 2 amide bonds. The Morgan fingerprint density at radius 3 is 2.54 bits per heavy atom. The number of hydrogen-bond donors (Lipinski definition) is 2. The van der Waals surface area contributed by atoms with E-state index >= 15 is 0 Å². The molecule has 126 valence electrons. The summed E-state index contributed by atoms with van der Waals surface area (Å²) in [5.41, 5.74) is -0.300. The fourth-order valence-electron chi connectivity index (χ4n) is 2.36. The highest BCUT2D eigenvalue weighted by atomic mass is 32.1. The lowest BCUT2D eigenvalue weighted by molar-refractivity contribution is -0.118. The van der Waals surface area contributed by atoms with E-state index in [-0.39, 0.29) is 11.8 Å². The van der Waals surface area contributed by atoms with Crippen molar-refractivity contribution in [3.05, 3.63) is 40.6 Å². The quantitative estimate of drug-likeness (QED) is 0.843. The van der Waals surface area contributed by atoms with Crippen molar-refractivity contribution in [2.24, 2.45) is 0 Å². The van der Waals surface area contributed by atoms with Gasteiger partial charge in [0.1, 0.15) is 17.0 Å². The van der Waals surface area contributed by atoms with Gasteiger partial charge in [0.05, 0.1) is 24.8 Å². The zero-order valence-corrected chi connectivity index (χ0v) is 14.2. The van der Waals surface area contributed by atoms with Crippen molar-refractivity contribution < 1.29 is 19.1 Å². The molecule has 1 fully saturated rings. The zero-order valence-electron chi connectivity index (χ0n) is 13.4. The second-order valence-corrected chi connectivity index (χ2v) is 6.48. The van der Waals surface area contributed by atoms with Gasteiger partial charge in [0, 0.05) is 6.07 Å². The number of benzene rings is 1. The van der Waals surface area contributed by atoms with E-state index in [2.05, 4.69) is 10.6 Å². The van der Waals surface area contributed by atoms with Crippen LogP contribution in [0, 0.1) is 0 Å². The predicted octanol–water partition coefficient (Wildman–Crippen LogP) is 2.67. The first-order valence-corrected chi connectivity index (χ1v) is 8.35. The van der Waals surface area contributed by atoms with E-state index in [0.29, 0.717) is 34.9 Å². The Hall–Kier alpha value is -2.54. The van der Waals surface area contributed by atoms with Crippen LogP contribution in [0.3, 0.4) is 0 Å². The molecule has 0 radical (unpaired) electrons. The molecule has 6 nitrogen and oxygen atoms in total. The zero-order chi connectivity index (χ0) is 17.2. The van der Waals surface area contributed by atoms with Crippen molar-refractivity contribution in [1.29, 1.82) is 0 Å². The second-order valence-electron chi connectivity index (χ2n) is 5.53. The second kappa shape index (κ2) is 6.52. The van der Waals surface area contributed by atoms with E-state index in [0.717, 1.165) is 0 Å². The van der Waals surface area contributed by atoms with Crippen molar-refractivity contribution in [2.45, 2.75) is 18.4 Å². The number of nitrogens with one attached hydrogen (secondary N) is 2. The Balaban J connectivity index is 1.72. The van der Waals surface area contributed by atoms with Gasteiger partial charge in [0.15, 0.2) is 0 Å². The summed E-state index contributed by atoms with van der Waals surface area (Å²) >= 11 is 1.35. The average Bonchev–Trinajstić information content (AvgIpc) is 3.17. The summed E-state index contributed by atoms with van der Waals surface area (Å²) in [4.78, 5) is 25.4. The smallest absolute Gasteiger partial charge is 0.262 e. The minimum absolute atomic E-state index is 0.223. The third-order valence-electron chi connectivity index (χ3n) is 3.94. The summed E-state index contributed by atoms with van der Waals surface area (Å²) in [5.74, 6) is 0.676. The van der Waals surface area contributed by atoms with Crippen LogP contribution in [-0.2, 0) is 4.79 Å². The molecule has 0 atom stereocenters. The fourth-order valence-corrected chi connectivity index (χ4v) is 2.98. The maximum Gasteiger partial charge on any atom is 0.262 e. The molecule has 1 heterocycles. The highest BCUT2D eigenvalue weighted by Crippen LogP contribution is 2.38. The molecule has 0 bridgehead atoms. The van der Waals surface area contributed by atoms with E-state index in [4.69, 9.17) is 9.47 Å². The molecule has 1 saturated carbocycles. The molecule has 2 aromatic rings. The monoisotopic (exact) mass is 346 g/mol. The highest BCUT2D eigenvalue weighted by Gasteiger charge is 2.51. The van der Waals surface area contributed by atoms with Crippen LogP contribution in [0.5, 0.6) is 11.5 Å². The minimum Gasteiger partial charge on any atom is -0.497 e. The molecule has 1 aromatic carbocycles. The molecule has 1 aliphatic rings. The third kappa shape index (κ3) is 3.21. The van der Waals surface area contributed by atoms with Gasteiger partial charge < -0.3 is 20.1 Å². The van der Waals surface area contributed by atoms with Crippen LogP contribution < -0.4 is 20.1 Å². The SMILES string of the molecule is COc1ccc(NC(=O)C2(NC(=O)c3cccs3)CC2)c(OC)c1. The molecule has 2 N–H and O–H groups in total. The van der Waals surface area contributed by atoms with E-state index in [1.165, 1.54) is 18.4 Å². The first-order valence-electron chi connectivity index (χ1n) is 7.47. The highest BCUT2D eigenvalue weighted by molar-refractivity contribution is 7.12. The molecule has 0 aliphatic heterocycles. The number of amides is 2. The number of ether oxygens (including phenoxy) is 2. The summed E-state index contributed by atoms with van der Waals surface area (Å²) in [5, 5.41) is 7.51. The summed E-state index contributed by atoms with van der Waals surface area (Å²) in [6.45, 7) is 0. The summed E-state index contributed by atoms with van der Waals surface area (Å²) in [6.07, 6.45) is 1.24. The fraction of sp³-hybridized carbons (Fsp3) is 0.294. The summed E-state index contributed by atoms with van der Waals surface area (Å²) in [7, 11) is 3.09. The molecular formula is C17H18N2O4S. The van der Waals surface area contributed by atoms with Crippen molar-refractivity contribution in [3.8, 4) is 11.5 Å². The minimum atomic E-state index is -0.841.